The Balaban J connectivity index is 2.28. The van der Waals surface area contributed by atoms with Crippen LogP contribution in [-0.2, 0) is 22.4 Å². The molecule has 0 fully saturated rings. The normalized spacial score (nSPS) is 14.1. The van der Waals surface area contributed by atoms with Crippen LogP contribution in [0.2, 0.25) is 0 Å². The predicted molar refractivity (Wildman–Crippen MR) is 149 cm³/mol. The maximum absolute atomic E-state index is 13.6. The summed E-state index contributed by atoms with van der Waals surface area (Å²) in [7, 11) is 0. The summed E-state index contributed by atoms with van der Waals surface area (Å²) in [5, 5.41) is 28.7. The van der Waals surface area contributed by atoms with Crippen LogP contribution in [0.3, 0.4) is 0 Å². The summed E-state index contributed by atoms with van der Waals surface area (Å²) < 4.78 is 0. The maximum Gasteiger partial charge on any atom is 0.235 e. The van der Waals surface area contributed by atoms with Gasteiger partial charge in [-0.25, -0.2) is 0 Å². The van der Waals surface area contributed by atoms with Crippen molar-refractivity contribution in [2.75, 3.05) is 0 Å². The maximum atomic E-state index is 13.6. The molecule has 0 aliphatic heterocycles. The highest BCUT2D eigenvalue weighted by Crippen LogP contribution is 2.27. The van der Waals surface area contributed by atoms with E-state index < -0.39 is 40.5 Å². The van der Waals surface area contributed by atoms with Gasteiger partial charge in [0.15, 0.2) is 0 Å². The van der Waals surface area contributed by atoms with Gasteiger partial charge in [0.2, 0.25) is 11.8 Å². The molecule has 2 aromatic carbocycles. The fourth-order valence-electron chi connectivity index (χ4n) is 4.72. The van der Waals surface area contributed by atoms with Gasteiger partial charge < -0.3 is 20.8 Å². The van der Waals surface area contributed by atoms with Crippen LogP contribution in [0.5, 0.6) is 0 Å². The first kappa shape index (κ1) is 30.5. The summed E-state index contributed by atoms with van der Waals surface area (Å²) >= 11 is 0. The third-order valence-corrected chi connectivity index (χ3v) is 8.06. The zero-order valence-electron chi connectivity index (χ0n) is 23.4. The lowest BCUT2D eigenvalue weighted by atomic mass is 9.81. The Kier molecular flexibility index (Phi) is 10.9. The Morgan fingerprint density at radius 2 is 0.946 bits per heavy atom. The van der Waals surface area contributed by atoms with E-state index in [1.54, 1.807) is 13.8 Å². The quantitative estimate of drug-likeness (QED) is 0.280. The van der Waals surface area contributed by atoms with Gasteiger partial charge in [0.05, 0.1) is 23.3 Å². The van der Waals surface area contributed by atoms with E-state index in [1.807, 2.05) is 88.4 Å². The number of benzene rings is 2. The van der Waals surface area contributed by atoms with E-state index in [-0.39, 0.29) is 0 Å². The molecule has 4 N–H and O–H groups in total. The van der Waals surface area contributed by atoms with E-state index in [0.717, 1.165) is 11.1 Å². The van der Waals surface area contributed by atoms with Crippen molar-refractivity contribution in [3.05, 3.63) is 71.8 Å². The molecule has 0 aliphatic carbocycles. The molecule has 2 unspecified atom stereocenters. The van der Waals surface area contributed by atoms with Crippen LogP contribution >= 0.6 is 0 Å². The first-order valence-corrected chi connectivity index (χ1v) is 13.6. The number of hydrogen-bond acceptors (Lipinski definition) is 4. The van der Waals surface area contributed by atoms with E-state index in [4.69, 9.17) is 0 Å². The molecular formula is C31H46N2O4. The molecule has 2 aromatic rings. The molecule has 2 rings (SSSR count). The van der Waals surface area contributed by atoms with Gasteiger partial charge in [-0.15, -0.1) is 0 Å². The van der Waals surface area contributed by atoms with Crippen molar-refractivity contribution in [2.45, 2.75) is 103 Å². The van der Waals surface area contributed by atoms with Crippen molar-refractivity contribution in [3.63, 3.8) is 0 Å². The van der Waals surface area contributed by atoms with Crippen LogP contribution in [0.25, 0.3) is 0 Å². The summed E-state index contributed by atoms with van der Waals surface area (Å²) in [5.41, 5.74) is -1.66. The Bertz CT molecular complexity index is 903. The molecule has 2 atom stereocenters. The molecule has 204 valence electrons. The zero-order chi connectivity index (χ0) is 27.7. The van der Waals surface area contributed by atoms with Crippen molar-refractivity contribution in [2.24, 2.45) is 5.41 Å². The van der Waals surface area contributed by atoms with Gasteiger partial charge in [0.1, 0.15) is 5.41 Å². The van der Waals surface area contributed by atoms with E-state index >= 15 is 0 Å². The van der Waals surface area contributed by atoms with E-state index in [0.29, 0.717) is 38.5 Å². The number of hydrogen-bond donors (Lipinski definition) is 4. The first-order chi connectivity index (χ1) is 17.5. The molecule has 6 heteroatoms. The smallest absolute Gasteiger partial charge is 0.235 e. The molecule has 0 heterocycles. The van der Waals surface area contributed by atoms with E-state index in [1.165, 1.54) is 0 Å². The Morgan fingerprint density at radius 1 is 0.649 bits per heavy atom. The number of carbonyl (C=O) groups is 2. The molecule has 0 saturated carbocycles. The third-order valence-electron chi connectivity index (χ3n) is 8.06. The van der Waals surface area contributed by atoms with Gasteiger partial charge in [0.25, 0.3) is 0 Å². The minimum absolute atomic E-state index is 0.449. The van der Waals surface area contributed by atoms with Crippen molar-refractivity contribution in [3.8, 4) is 0 Å². The number of nitrogens with one attached hydrogen (secondary N) is 2. The molecule has 2 amide bonds. The summed E-state index contributed by atoms with van der Waals surface area (Å²) in [6.07, 6.45) is 2.76. The zero-order valence-corrected chi connectivity index (χ0v) is 23.4. The molecule has 0 aliphatic rings. The Labute approximate surface area is 222 Å². The highest BCUT2D eigenvalue weighted by Gasteiger charge is 2.44. The number of carbonyl (C=O) groups excluding carboxylic acids is 2. The van der Waals surface area contributed by atoms with Crippen LogP contribution in [0.4, 0.5) is 0 Å². The largest absolute Gasteiger partial charge is 0.388 e. The standard InChI is InChI=1S/C31H46N2O4/c1-7-30(36,8-2)25(21-23-17-13-11-14-18-23)32-27(34)29(5,6)28(35)33-26(31(37,9-3)10-4)22-24-19-15-12-16-20-24/h11-20,25-26,36-37H,7-10,21-22H2,1-6H3,(H,32,34)(H,33,35). The number of amides is 2. The van der Waals surface area contributed by atoms with Gasteiger partial charge in [-0.1, -0.05) is 88.4 Å². The second-order valence-electron chi connectivity index (χ2n) is 10.7. The molecule has 6 nitrogen and oxygen atoms in total. The van der Waals surface area contributed by atoms with Gasteiger partial charge in [-0.05, 0) is 63.5 Å². The van der Waals surface area contributed by atoms with Gasteiger partial charge in [-0.3, -0.25) is 9.59 Å². The van der Waals surface area contributed by atoms with Crippen LogP contribution in [-0.4, -0.2) is 45.3 Å². The lowest BCUT2D eigenvalue weighted by Gasteiger charge is -2.39. The molecule has 37 heavy (non-hydrogen) atoms. The summed E-state index contributed by atoms with van der Waals surface area (Å²) in [6, 6.07) is 18.3. The molecule has 0 bridgehead atoms. The SMILES string of the molecule is CCC(O)(CC)C(Cc1ccccc1)NC(=O)C(C)(C)C(=O)NC(Cc1ccccc1)C(O)(CC)CC. The van der Waals surface area contributed by atoms with Crippen LogP contribution in [0.15, 0.2) is 60.7 Å². The Hall–Kier alpha value is -2.70. The van der Waals surface area contributed by atoms with Crippen LogP contribution in [0.1, 0.15) is 78.4 Å². The fraction of sp³-hybridized carbons (Fsp3) is 0.548. The first-order valence-electron chi connectivity index (χ1n) is 13.6. The van der Waals surface area contributed by atoms with Crippen molar-refractivity contribution in [1.29, 1.82) is 0 Å². The lowest BCUT2D eigenvalue weighted by molar-refractivity contribution is -0.145. The summed E-state index contributed by atoms with van der Waals surface area (Å²) in [5.74, 6) is -0.914. The molecular weight excluding hydrogens is 464 g/mol. The summed E-state index contributed by atoms with van der Waals surface area (Å²) in [4.78, 5) is 27.1. The lowest BCUT2D eigenvalue weighted by Crippen LogP contribution is -2.61. The van der Waals surface area contributed by atoms with Gasteiger partial charge in [-0.2, -0.15) is 0 Å². The third kappa shape index (κ3) is 7.65. The molecule has 0 spiro atoms. The average molecular weight is 511 g/mol. The van der Waals surface area contributed by atoms with E-state index in [9.17, 15) is 19.8 Å². The van der Waals surface area contributed by atoms with Crippen molar-refractivity contribution >= 4 is 11.8 Å². The van der Waals surface area contributed by atoms with Crippen LogP contribution < -0.4 is 10.6 Å². The number of aliphatic hydroxyl groups is 2. The minimum atomic E-state index is -1.42. The van der Waals surface area contributed by atoms with E-state index in [2.05, 4.69) is 10.6 Å². The average Bonchev–Trinajstić information content (AvgIpc) is 2.92. The number of rotatable bonds is 14. The summed E-state index contributed by atoms with van der Waals surface area (Å²) in [6.45, 7) is 10.8. The van der Waals surface area contributed by atoms with Crippen molar-refractivity contribution in [1.82, 2.24) is 10.6 Å². The molecule has 0 saturated heterocycles. The Morgan fingerprint density at radius 3 is 1.22 bits per heavy atom. The molecule has 0 radical (unpaired) electrons. The topological polar surface area (TPSA) is 98.7 Å². The predicted octanol–water partition coefficient (Wildman–Crippen LogP) is 4.57. The monoisotopic (exact) mass is 510 g/mol. The molecule has 0 aromatic heterocycles. The van der Waals surface area contributed by atoms with Crippen LogP contribution in [0, 0.1) is 5.41 Å². The van der Waals surface area contributed by atoms with Gasteiger partial charge in [0, 0.05) is 0 Å². The highest BCUT2D eigenvalue weighted by atomic mass is 16.3. The fourth-order valence-corrected chi connectivity index (χ4v) is 4.72. The second-order valence-corrected chi connectivity index (χ2v) is 10.7. The minimum Gasteiger partial charge on any atom is -0.388 e. The highest BCUT2D eigenvalue weighted by molar-refractivity contribution is 6.04. The second kappa shape index (κ2) is 13.2. The van der Waals surface area contributed by atoms with Gasteiger partial charge >= 0.3 is 0 Å². The van der Waals surface area contributed by atoms with Crippen molar-refractivity contribution < 1.29 is 19.8 Å².